The first-order valence-electron chi connectivity index (χ1n) is 12.5. The number of rotatable bonds is 8. The van der Waals surface area contributed by atoms with Gasteiger partial charge in [0.15, 0.2) is 6.79 Å². The summed E-state index contributed by atoms with van der Waals surface area (Å²) in [5.74, 6) is 1.79. The van der Waals surface area contributed by atoms with E-state index in [1.54, 1.807) is 7.11 Å². The highest BCUT2D eigenvalue weighted by Crippen LogP contribution is 2.51. The predicted molar refractivity (Wildman–Crippen MR) is 144 cm³/mol. The maximum atomic E-state index is 6.61. The molecule has 3 aromatic rings. The number of aryl methyl sites for hydroxylation is 3. The Bertz CT molecular complexity index is 1220. The number of nitrogens with zero attached hydrogens (tertiary/aromatic N) is 2. The van der Waals surface area contributed by atoms with E-state index in [0.717, 1.165) is 52.7 Å². The molecule has 0 saturated carbocycles. The lowest BCUT2D eigenvalue weighted by molar-refractivity contribution is -0.671. The molecule has 0 unspecified atom stereocenters. The third kappa shape index (κ3) is 5.18. The highest BCUT2D eigenvalue weighted by atomic mass is 79.9. The van der Waals surface area contributed by atoms with Crippen molar-refractivity contribution in [2.24, 2.45) is 7.05 Å². The van der Waals surface area contributed by atoms with Crippen LogP contribution in [-0.4, -0.2) is 25.1 Å². The molecule has 0 amide bonds. The molecule has 186 valence electrons. The number of hydrogen-bond donors (Lipinski definition) is 0. The molecule has 2 aliphatic rings. The van der Waals surface area contributed by atoms with Crippen LogP contribution >= 0.6 is 31.9 Å². The second kappa shape index (κ2) is 11.1. The van der Waals surface area contributed by atoms with Gasteiger partial charge in [0.1, 0.15) is 37.0 Å². The fraction of sp³-hybridized carbons (Fsp3) is 0.464. The second-order valence-corrected chi connectivity index (χ2v) is 11.2. The van der Waals surface area contributed by atoms with Crippen molar-refractivity contribution in [3.8, 4) is 22.6 Å². The number of imidazole rings is 1. The Morgan fingerprint density at radius 2 is 1.43 bits per heavy atom. The van der Waals surface area contributed by atoms with E-state index in [0.29, 0.717) is 6.61 Å². The Morgan fingerprint density at radius 3 is 1.97 bits per heavy atom. The predicted octanol–water partition coefficient (Wildman–Crippen LogP) is 6.32. The molecule has 0 aliphatic heterocycles. The summed E-state index contributed by atoms with van der Waals surface area (Å²) in [7, 11) is 3.70. The van der Waals surface area contributed by atoms with E-state index >= 15 is 0 Å². The minimum absolute atomic E-state index is 0.210. The number of fused-ring (bicyclic) bond motifs is 2. The topological polar surface area (TPSA) is 36.5 Å². The van der Waals surface area contributed by atoms with Crippen molar-refractivity contribution < 1.29 is 18.8 Å². The fourth-order valence-electron chi connectivity index (χ4n) is 5.51. The highest BCUT2D eigenvalue weighted by Gasteiger charge is 2.29. The highest BCUT2D eigenvalue weighted by molar-refractivity contribution is 9.11. The van der Waals surface area contributed by atoms with Crippen LogP contribution in [0.4, 0.5) is 0 Å². The van der Waals surface area contributed by atoms with Crippen molar-refractivity contribution in [2.45, 2.75) is 57.9 Å². The molecule has 0 fully saturated rings. The molecule has 0 spiro atoms. The van der Waals surface area contributed by atoms with Gasteiger partial charge in [-0.05, 0) is 118 Å². The fourth-order valence-corrected chi connectivity index (χ4v) is 6.69. The minimum atomic E-state index is 0.210. The molecule has 5 nitrogen and oxygen atoms in total. The number of benzene rings is 2. The zero-order valence-electron chi connectivity index (χ0n) is 20.5. The average Bonchev–Trinajstić information content (AvgIpc) is 3.27. The summed E-state index contributed by atoms with van der Waals surface area (Å²) >= 11 is 7.73. The molecule has 5 rings (SSSR count). The summed E-state index contributed by atoms with van der Waals surface area (Å²) < 4.78 is 24.4. The largest absolute Gasteiger partial charge is 0.488 e. The number of methoxy groups -OCH3 is 1. The Labute approximate surface area is 224 Å². The third-order valence-electron chi connectivity index (χ3n) is 7.11. The molecule has 7 heteroatoms. The zero-order chi connectivity index (χ0) is 24.4. The van der Waals surface area contributed by atoms with Gasteiger partial charge >= 0.3 is 0 Å². The first kappa shape index (κ1) is 24.8. The van der Waals surface area contributed by atoms with Gasteiger partial charge in [0.2, 0.25) is 6.33 Å². The molecule has 35 heavy (non-hydrogen) atoms. The summed E-state index contributed by atoms with van der Waals surface area (Å²) in [6, 6.07) is 4.53. The van der Waals surface area contributed by atoms with Gasteiger partial charge < -0.3 is 14.2 Å². The molecule has 2 aromatic carbocycles. The van der Waals surface area contributed by atoms with Gasteiger partial charge in [-0.1, -0.05) is 0 Å². The zero-order valence-corrected chi connectivity index (χ0v) is 23.7. The van der Waals surface area contributed by atoms with E-state index in [1.807, 2.05) is 17.8 Å². The van der Waals surface area contributed by atoms with Crippen LogP contribution in [-0.2, 0) is 44.0 Å². The first-order valence-corrected chi connectivity index (χ1v) is 14.1. The van der Waals surface area contributed by atoms with Crippen molar-refractivity contribution >= 4 is 31.9 Å². The maximum absolute atomic E-state index is 6.61. The molecule has 1 aromatic heterocycles. The number of hydrogen-bond acceptors (Lipinski definition) is 3. The summed E-state index contributed by atoms with van der Waals surface area (Å²) in [5, 5.41) is 0. The van der Waals surface area contributed by atoms with Crippen LogP contribution in [0.3, 0.4) is 0 Å². The lowest BCUT2D eigenvalue weighted by atomic mass is 9.80. The van der Waals surface area contributed by atoms with Gasteiger partial charge in [-0.2, -0.15) is 0 Å². The average molecular weight is 605 g/mol. The van der Waals surface area contributed by atoms with E-state index in [1.165, 1.54) is 59.1 Å². The molecular weight excluding hydrogens is 572 g/mol. The van der Waals surface area contributed by atoms with Crippen molar-refractivity contribution in [1.82, 2.24) is 4.57 Å². The molecule has 0 saturated heterocycles. The monoisotopic (exact) mass is 603 g/mol. The molecule has 2 aliphatic carbocycles. The van der Waals surface area contributed by atoms with Gasteiger partial charge in [-0.25, -0.2) is 9.13 Å². The standard InChI is InChI=1S/C28H33Br2N2O3/c1-31-11-12-32(17-31)13-14-34-27-23(29)15-19-7-3-5-9-21(19)25(27)26-22-10-6-4-8-20(22)16-24(30)28(26)35-18-33-2/h11-12,15-17H,3-10,13-14,18H2,1-2H3/q+1. The summed E-state index contributed by atoms with van der Waals surface area (Å²) in [6.45, 7) is 1.58. The van der Waals surface area contributed by atoms with E-state index in [9.17, 15) is 0 Å². The van der Waals surface area contributed by atoms with Crippen LogP contribution in [0.5, 0.6) is 11.5 Å². The molecule has 0 radical (unpaired) electrons. The van der Waals surface area contributed by atoms with Crippen LogP contribution in [0.25, 0.3) is 11.1 Å². The van der Waals surface area contributed by atoms with Gasteiger partial charge in [0.25, 0.3) is 0 Å². The molecule has 0 atom stereocenters. The van der Waals surface area contributed by atoms with Crippen LogP contribution in [0.15, 0.2) is 39.8 Å². The molecule has 0 bridgehead atoms. The lowest BCUT2D eigenvalue weighted by Crippen LogP contribution is -2.24. The summed E-state index contributed by atoms with van der Waals surface area (Å²) in [4.78, 5) is 0. The van der Waals surface area contributed by atoms with Gasteiger partial charge in [0.05, 0.1) is 16.0 Å². The van der Waals surface area contributed by atoms with Gasteiger partial charge in [0, 0.05) is 18.2 Å². The van der Waals surface area contributed by atoms with Crippen LogP contribution in [0, 0.1) is 0 Å². The Kier molecular flexibility index (Phi) is 7.85. The normalized spacial score (nSPS) is 15.0. The Morgan fingerprint density at radius 1 is 0.857 bits per heavy atom. The second-order valence-electron chi connectivity index (χ2n) is 9.53. The van der Waals surface area contributed by atoms with E-state index < -0.39 is 0 Å². The smallest absolute Gasteiger partial charge is 0.243 e. The van der Waals surface area contributed by atoms with E-state index in [-0.39, 0.29) is 6.79 Å². The Hall–Kier alpha value is -1.83. The van der Waals surface area contributed by atoms with E-state index in [4.69, 9.17) is 14.2 Å². The van der Waals surface area contributed by atoms with Crippen molar-refractivity contribution in [1.29, 1.82) is 0 Å². The van der Waals surface area contributed by atoms with Crippen LogP contribution < -0.4 is 14.0 Å². The summed E-state index contributed by atoms with van der Waals surface area (Å²) in [6.07, 6.45) is 15.4. The summed E-state index contributed by atoms with van der Waals surface area (Å²) in [5.41, 5.74) is 8.04. The minimum Gasteiger partial charge on any atom is -0.488 e. The van der Waals surface area contributed by atoms with Crippen molar-refractivity contribution in [2.75, 3.05) is 20.5 Å². The van der Waals surface area contributed by atoms with Crippen LogP contribution in [0.1, 0.15) is 47.9 Å². The third-order valence-corrected chi connectivity index (χ3v) is 8.28. The Balaban J connectivity index is 1.66. The van der Waals surface area contributed by atoms with E-state index in [2.05, 4.69) is 61.1 Å². The van der Waals surface area contributed by atoms with Crippen molar-refractivity contribution in [3.63, 3.8) is 0 Å². The molecule has 0 N–H and O–H groups in total. The quantitative estimate of drug-likeness (QED) is 0.223. The lowest BCUT2D eigenvalue weighted by Gasteiger charge is -2.29. The first-order chi connectivity index (χ1) is 17.1. The van der Waals surface area contributed by atoms with Crippen LogP contribution in [0.2, 0.25) is 0 Å². The number of aromatic nitrogens is 2. The number of halogens is 2. The number of ether oxygens (including phenoxy) is 3. The molecule has 1 heterocycles. The van der Waals surface area contributed by atoms with Gasteiger partial charge in [-0.15, -0.1) is 0 Å². The van der Waals surface area contributed by atoms with Gasteiger partial charge in [-0.3, -0.25) is 0 Å². The maximum Gasteiger partial charge on any atom is 0.243 e. The molecular formula is C28H33Br2N2O3+. The SMILES string of the molecule is COCOc1c(Br)cc2c(c1-c1c3c(cc(Br)c1OCCn1cc[n+](C)c1)CCCC3)CCCC2. The van der Waals surface area contributed by atoms with Crippen molar-refractivity contribution in [3.05, 3.63) is 62.1 Å².